The Morgan fingerprint density at radius 3 is 2.63 bits per heavy atom. The molecule has 19 heavy (non-hydrogen) atoms. The van der Waals surface area contributed by atoms with Crippen LogP contribution >= 0.6 is 12.2 Å². The van der Waals surface area contributed by atoms with Gasteiger partial charge >= 0.3 is 0 Å². The van der Waals surface area contributed by atoms with Crippen LogP contribution in [0.5, 0.6) is 11.6 Å². The molecular weight excluding hydrogens is 258 g/mol. The Bertz CT molecular complexity index is 646. The number of hydrogen-bond acceptors (Lipinski definition) is 3. The highest BCUT2D eigenvalue weighted by molar-refractivity contribution is 7.80. The normalized spacial score (nSPS) is 10.5. The van der Waals surface area contributed by atoms with Crippen LogP contribution in [0.4, 0.5) is 0 Å². The van der Waals surface area contributed by atoms with Crippen molar-refractivity contribution in [1.29, 1.82) is 0 Å². The van der Waals surface area contributed by atoms with Crippen LogP contribution in [0.2, 0.25) is 0 Å². The summed E-state index contributed by atoms with van der Waals surface area (Å²) in [6.07, 6.45) is 0. The van der Waals surface area contributed by atoms with Crippen LogP contribution in [0, 0.1) is 20.8 Å². The monoisotopic (exact) mass is 275 g/mol. The summed E-state index contributed by atoms with van der Waals surface area (Å²) in [4.78, 5) is 0.297. The van der Waals surface area contributed by atoms with Gasteiger partial charge in [-0.3, -0.25) is 0 Å². The number of hydrogen-bond donors (Lipinski definition) is 1. The Hall–Kier alpha value is -1.88. The fourth-order valence-electron chi connectivity index (χ4n) is 1.96. The van der Waals surface area contributed by atoms with Gasteiger partial charge in [-0.15, -0.1) is 0 Å². The molecule has 4 nitrogen and oxygen atoms in total. The van der Waals surface area contributed by atoms with Gasteiger partial charge in [0.05, 0.1) is 11.3 Å². The summed E-state index contributed by atoms with van der Waals surface area (Å²) in [7, 11) is 1.81. The topological polar surface area (TPSA) is 53.1 Å². The minimum absolute atomic E-state index is 0.297. The molecule has 0 amide bonds. The molecule has 0 atom stereocenters. The zero-order valence-electron chi connectivity index (χ0n) is 11.5. The zero-order chi connectivity index (χ0) is 14.2. The fourth-order valence-corrected chi connectivity index (χ4v) is 2.19. The largest absolute Gasteiger partial charge is 0.438 e. The SMILES string of the molecule is Cc1ccc(C)c(Oc2c(C(N)=S)c(C)nn2C)c1. The minimum Gasteiger partial charge on any atom is -0.438 e. The molecular formula is C14H17N3OS. The van der Waals surface area contributed by atoms with Crippen molar-refractivity contribution in [2.24, 2.45) is 12.8 Å². The van der Waals surface area contributed by atoms with E-state index in [0.717, 1.165) is 22.6 Å². The van der Waals surface area contributed by atoms with Crippen LogP contribution in [-0.2, 0) is 7.05 Å². The first kappa shape index (κ1) is 13.5. The predicted octanol–water partition coefficient (Wildman–Crippen LogP) is 2.77. The second kappa shape index (κ2) is 5.01. The third-order valence-electron chi connectivity index (χ3n) is 2.97. The maximum absolute atomic E-state index is 5.97. The van der Waals surface area contributed by atoms with Gasteiger partial charge in [0.2, 0.25) is 5.88 Å². The molecule has 1 aromatic carbocycles. The van der Waals surface area contributed by atoms with E-state index in [1.165, 1.54) is 0 Å². The second-order valence-corrected chi connectivity index (χ2v) is 5.06. The van der Waals surface area contributed by atoms with Gasteiger partial charge < -0.3 is 10.5 Å². The highest BCUT2D eigenvalue weighted by atomic mass is 32.1. The molecule has 0 unspecified atom stereocenters. The number of ether oxygens (including phenoxy) is 1. The minimum atomic E-state index is 0.297. The van der Waals surface area contributed by atoms with Crippen LogP contribution < -0.4 is 10.5 Å². The third-order valence-corrected chi connectivity index (χ3v) is 3.17. The molecule has 0 saturated heterocycles. The number of rotatable bonds is 3. The Labute approximate surface area is 118 Å². The summed E-state index contributed by atoms with van der Waals surface area (Å²) in [5.41, 5.74) is 9.40. The lowest BCUT2D eigenvalue weighted by atomic mass is 10.1. The number of benzene rings is 1. The van der Waals surface area contributed by atoms with Gasteiger partial charge in [0, 0.05) is 7.05 Å². The third kappa shape index (κ3) is 2.61. The van der Waals surface area contributed by atoms with Gasteiger partial charge in [-0.1, -0.05) is 24.4 Å². The summed E-state index contributed by atoms with van der Waals surface area (Å²) in [6.45, 7) is 5.89. The van der Waals surface area contributed by atoms with Crippen molar-refractivity contribution in [1.82, 2.24) is 9.78 Å². The molecule has 2 N–H and O–H groups in total. The molecule has 1 heterocycles. The van der Waals surface area contributed by atoms with E-state index in [1.54, 1.807) is 4.68 Å². The van der Waals surface area contributed by atoms with Gasteiger partial charge in [0.1, 0.15) is 10.7 Å². The summed E-state index contributed by atoms with van der Waals surface area (Å²) in [6, 6.07) is 6.06. The molecule has 0 aliphatic carbocycles. The molecule has 0 aliphatic heterocycles. The summed E-state index contributed by atoms with van der Waals surface area (Å²) in [5.74, 6) is 1.37. The van der Waals surface area contributed by atoms with E-state index in [0.29, 0.717) is 16.4 Å². The van der Waals surface area contributed by atoms with E-state index in [9.17, 15) is 0 Å². The smallest absolute Gasteiger partial charge is 0.228 e. The molecule has 0 radical (unpaired) electrons. The lowest BCUT2D eigenvalue weighted by molar-refractivity contribution is 0.427. The maximum Gasteiger partial charge on any atom is 0.228 e. The number of aromatic nitrogens is 2. The van der Waals surface area contributed by atoms with Crippen molar-refractivity contribution in [3.63, 3.8) is 0 Å². The van der Waals surface area contributed by atoms with E-state index in [2.05, 4.69) is 5.10 Å². The van der Waals surface area contributed by atoms with Crippen LogP contribution in [0.3, 0.4) is 0 Å². The van der Waals surface area contributed by atoms with E-state index in [1.807, 2.05) is 46.0 Å². The molecule has 1 aromatic heterocycles. The molecule has 2 aromatic rings. The van der Waals surface area contributed by atoms with Crippen molar-refractivity contribution in [3.8, 4) is 11.6 Å². The number of aryl methyl sites for hydroxylation is 4. The first-order valence-corrected chi connectivity index (χ1v) is 6.39. The Balaban J connectivity index is 2.49. The second-order valence-electron chi connectivity index (χ2n) is 4.62. The Morgan fingerprint density at radius 1 is 1.32 bits per heavy atom. The standard InChI is InChI=1S/C14H17N3OS/c1-8-5-6-9(2)11(7-8)18-14-12(13(15)19)10(3)16-17(14)4/h5-7H,1-4H3,(H2,15,19). The Kier molecular flexibility index (Phi) is 3.57. The van der Waals surface area contributed by atoms with Crippen molar-refractivity contribution in [2.45, 2.75) is 20.8 Å². The van der Waals surface area contributed by atoms with E-state index < -0.39 is 0 Å². The number of nitrogens with zero attached hydrogens (tertiary/aromatic N) is 2. The molecule has 2 rings (SSSR count). The van der Waals surface area contributed by atoms with Gasteiger partial charge in [0.25, 0.3) is 0 Å². The van der Waals surface area contributed by atoms with E-state index in [4.69, 9.17) is 22.7 Å². The summed E-state index contributed by atoms with van der Waals surface area (Å²) < 4.78 is 7.63. The van der Waals surface area contributed by atoms with Crippen LogP contribution in [0.1, 0.15) is 22.4 Å². The molecule has 0 bridgehead atoms. The van der Waals surface area contributed by atoms with Gasteiger partial charge in [-0.25, -0.2) is 4.68 Å². The molecule has 5 heteroatoms. The predicted molar refractivity (Wildman–Crippen MR) is 79.8 cm³/mol. The zero-order valence-corrected chi connectivity index (χ0v) is 12.3. The van der Waals surface area contributed by atoms with Crippen molar-refractivity contribution >= 4 is 17.2 Å². The van der Waals surface area contributed by atoms with Crippen LogP contribution in [0.15, 0.2) is 18.2 Å². The highest BCUT2D eigenvalue weighted by Gasteiger charge is 2.18. The molecule has 0 saturated carbocycles. The summed E-state index contributed by atoms with van der Waals surface area (Å²) >= 11 is 5.07. The van der Waals surface area contributed by atoms with Crippen LogP contribution in [0.25, 0.3) is 0 Å². The molecule has 0 spiro atoms. The van der Waals surface area contributed by atoms with Gasteiger partial charge in [-0.05, 0) is 38.0 Å². The lowest BCUT2D eigenvalue weighted by Crippen LogP contribution is -2.11. The van der Waals surface area contributed by atoms with E-state index in [-0.39, 0.29) is 0 Å². The van der Waals surface area contributed by atoms with E-state index >= 15 is 0 Å². The van der Waals surface area contributed by atoms with Crippen molar-refractivity contribution in [3.05, 3.63) is 40.6 Å². The van der Waals surface area contributed by atoms with Gasteiger partial charge in [0.15, 0.2) is 0 Å². The average Bonchev–Trinajstić information content (AvgIpc) is 2.59. The molecule has 0 fully saturated rings. The van der Waals surface area contributed by atoms with Crippen LogP contribution in [-0.4, -0.2) is 14.8 Å². The first-order chi connectivity index (χ1) is 8.90. The van der Waals surface area contributed by atoms with Crippen molar-refractivity contribution in [2.75, 3.05) is 0 Å². The first-order valence-electron chi connectivity index (χ1n) is 5.98. The fraction of sp³-hybridized carbons (Fsp3) is 0.286. The summed E-state index contributed by atoms with van der Waals surface area (Å²) in [5, 5.41) is 4.30. The molecule has 100 valence electrons. The number of nitrogens with two attached hydrogens (primary N) is 1. The Morgan fingerprint density at radius 2 is 2.00 bits per heavy atom. The number of thiocarbonyl (C=S) groups is 1. The quantitative estimate of drug-likeness (QED) is 0.875. The maximum atomic E-state index is 5.97. The molecule has 0 aliphatic rings. The van der Waals surface area contributed by atoms with Crippen molar-refractivity contribution < 1.29 is 4.74 Å². The lowest BCUT2D eigenvalue weighted by Gasteiger charge is -2.11. The highest BCUT2D eigenvalue weighted by Crippen LogP contribution is 2.29. The average molecular weight is 275 g/mol. The van der Waals surface area contributed by atoms with Gasteiger partial charge in [-0.2, -0.15) is 5.10 Å².